The Labute approximate surface area is 105 Å². The number of fused-ring (bicyclic) bond motifs is 1. The van der Waals surface area contributed by atoms with Crippen LogP contribution in [0.5, 0.6) is 0 Å². The smallest absolute Gasteiger partial charge is 0.243 e. The molecule has 90 valence electrons. The Kier molecular flexibility index (Phi) is 2.93. The summed E-state index contributed by atoms with van der Waals surface area (Å²) in [7, 11) is 0. The van der Waals surface area contributed by atoms with Crippen LogP contribution >= 0.6 is 11.8 Å². The first kappa shape index (κ1) is 10.9. The zero-order chi connectivity index (χ0) is 11.7. The molecule has 2 aromatic heterocycles. The van der Waals surface area contributed by atoms with E-state index in [9.17, 15) is 0 Å². The van der Waals surface area contributed by atoms with Gasteiger partial charge in [-0.3, -0.25) is 0 Å². The van der Waals surface area contributed by atoms with Crippen LogP contribution in [-0.2, 0) is 0 Å². The van der Waals surface area contributed by atoms with E-state index in [4.69, 9.17) is 0 Å². The lowest BCUT2D eigenvalue weighted by Gasteiger charge is -2.07. The van der Waals surface area contributed by atoms with Crippen molar-refractivity contribution in [1.82, 2.24) is 14.6 Å². The fourth-order valence-electron chi connectivity index (χ4n) is 2.09. The Morgan fingerprint density at radius 3 is 3.29 bits per heavy atom. The molecule has 17 heavy (non-hydrogen) atoms. The number of nitrogens with zero attached hydrogens (tertiary/aromatic N) is 3. The third kappa shape index (κ3) is 2.24. The van der Waals surface area contributed by atoms with Gasteiger partial charge in [-0.05, 0) is 42.4 Å². The van der Waals surface area contributed by atoms with Gasteiger partial charge in [0.2, 0.25) is 5.95 Å². The number of aryl methyl sites for hydroxylation is 1. The molecule has 0 aromatic carbocycles. The Balaban J connectivity index is 1.74. The Hall–Kier alpha value is -1.23. The number of nitrogens with one attached hydrogen (secondary N) is 1. The highest BCUT2D eigenvalue weighted by Gasteiger charge is 2.15. The number of hydrogen-bond donors (Lipinski definition) is 1. The summed E-state index contributed by atoms with van der Waals surface area (Å²) in [6, 6.07) is 4.05. The van der Waals surface area contributed by atoms with Gasteiger partial charge in [0, 0.05) is 12.7 Å². The molecule has 5 heteroatoms. The predicted octanol–water partition coefficient (Wildman–Crippen LogP) is 2.20. The van der Waals surface area contributed by atoms with E-state index < -0.39 is 0 Å². The van der Waals surface area contributed by atoms with Crippen LogP contribution in [0.1, 0.15) is 12.0 Å². The fourth-order valence-corrected chi connectivity index (χ4v) is 3.38. The first-order valence-corrected chi connectivity index (χ1v) is 7.12. The third-order valence-electron chi connectivity index (χ3n) is 3.13. The number of rotatable bonds is 3. The van der Waals surface area contributed by atoms with Crippen LogP contribution in [-0.4, -0.2) is 32.6 Å². The van der Waals surface area contributed by atoms with Crippen molar-refractivity contribution >= 4 is 23.4 Å². The SMILES string of the molecule is Cc1cccn2nc(NCC3CCSC3)nc12. The van der Waals surface area contributed by atoms with Gasteiger partial charge < -0.3 is 5.32 Å². The quantitative estimate of drug-likeness (QED) is 0.904. The van der Waals surface area contributed by atoms with Gasteiger partial charge in [-0.15, -0.1) is 5.10 Å². The largest absolute Gasteiger partial charge is 0.353 e. The van der Waals surface area contributed by atoms with Gasteiger partial charge in [-0.2, -0.15) is 16.7 Å². The van der Waals surface area contributed by atoms with E-state index in [1.54, 1.807) is 0 Å². The van der Waals surface area contributed by atoms with E-state index in [1.165, 1.54) is 17.9 Å². The van der Waals surface area contributed by atoms with Crippen molar-refractivity contribution in [2.45, 2.75) is 13.3 Å². The maximum atomic E-state index is 4.51. The highest BCUT2D eigenvalue weighted by molar-refractivity contribution is 7.99. The van der Waals surface area contributed by atoms with Crippen LogP contribution in [0.15, 0.2) is 18.3 Å². The Morgan fingerprint density at radius 2 is 2.53 bits per heavy atom. The molecule has 1 N–H and O–H groups in total. The van der Waals surface area contributed by atoms with E-state index in [-0.39, 0.29) is 0 Å². The summed E-state index contributed by atoms with van der Waals surface area (Å²) < 4.78 is 1.83. The molecule has 1 aliphatic rings. The third-order valence-corrected chi connectivity index (χ3v) is 4.36. The molecule has 3 rings (SSSR count). The maximum Gasteiger partial charge on any atom is 0.243 e. The van der Waals surface area contributed by atoms with Gasteiger partial charge >= 0.3 is 0 Å². The Bertz CT molecular complexity index is 516. The van der Waals surface area contributed by atoms with E-state index in [2.05, 4.69) is 28.4 Å². The van der Waals surface area contributed by atoms with E-state index >= 15 is 0 Å². The minimum atomic E-state index is 0.746. The van der Waals surface area contributed by atoms with Crippen molar-refractivity contribution in [3.63, 3.8) is 0 Å². The fraction of sp³-hybridized carbons (Fsp3) is 0.500. The summed E-state index contributed by atoms with van der Waals surface area (Å²) in [5.41, 5.74) is 2.10. The molecule has 3 heterocycles. The molecule has 1 saturated heterocycles. The average molecular weight is 248 g/mol. The van der Waals surface area contributed by atoms with Gasteiger partial charge in [-0.1, -0.05) is 6.07 Å². The summed E-state index contributed by atoms with van der Waals surface area (Å²) in [5.74, 6) is 4.08. The molecule has 1 fully saturated rings. The number of aromatic nitrogens is 3. The van der Waals surface area contributed by atoms with Crippen LogP contribution < -0.4 is 5.32 Å². The molecule has 4 nitrogen and oxygen atoms in total. The van der Waals surface area contributed by atoms with Crippen LogP contribution in [0.2, 0.25) is 0 Å². The summed E-state index contributed by atoms with van der Waals surface area (Å²) in [4.78, 5) is 4.51. The van der Waals surface area contributed by atoms with Crippen LogP contribution in [0.3, 0.4) is 0 Å². The van der Waals surface area contributed by atoms with E-state index in [0.717, 1.165) is 29.6 Å². The molecule has 0 spiro atoms. The van der Waals surface area contributed by atoms with Crippen LogP contribution in [0.25, 0.3) is 5.65 Å². The summed E-state index contributed by atoms with van der Waals surface area (Å²) in [5, 5.41) is 7.77. The first-order chi connectivity index (χ1) is 8.33. The lowest BCUT2D eigenvalue weighted by molar-refractivity contribution is 0.629. The zero-order valence-electron chi connectivity index (χ0n) is 9.89. The van der Waals surface area contributed by atoms with E-state index in [0.29, 0.717) is 0 Å². The Morgan fingerprint density at radius 1 is 1.59 bits per heavy atom. The minimum absolute atomic E-state index is 0.746. The minimum Gasteiger partial charge on any atom is -0.353 e. The monoisotopic (exact) mass is 248 g/mol. The van der Waals surface area contributed by atoms with Crippen molar-refractivity contribution in [1.29, 1.82) is 0 Å². The second-order valence-corrected chi connectivity index (χ2v) is 5.66. The highest BCUT2D eigenvalue weighted by Crippen LogP contribution is 2.23. The first-order valence-electron chi connectivity index (χ1n) is 5.96. The van der Waals surface area contributed by atoms with Gasteiger partial charge in [0.1, 0.15) is 0 Å². The average Bonchev–Trinajstić information content (AvgIpc) is 2.95. The highest BCUT2D eigenvalue weighted by atomic mass is 32.2. The van der Waals surface area contributed by atoms with Gasteiger partial charge in [-0.25, -0.2) is 4.52 Å². The van der Waals surface area contributed by atoms with Crippen molar-refractivity contribution in [3.05, 3.63) is 23.9 Å². The normalized spacial score (nSPS) is 19.9. The zero-order valence-corrected chi connectivity index (χ0v) is 10.7. The van der Waals surface area contributed by atoms with Gasteiger partial charge in [0.15, 0.2) is 5.65 Å². The van der Waals surface area contributed by atoms with Crippen molar-refractivity contribution in [2.75, 3.05) is 23.4 Å². The summed E-state index contributed by atoms with van der Waals surface area (Å²) in [6.07, 6.45) is 3.25. The van der Waals surface area contributed by atoms with Gasteiger partial charge in [0.25, 0.3) is 0 Å². The molecule has 0 amide bonds. The second kappa shape index (κ2) is 4.56. The molecule has 1 atom stereocenters. The topological polar surface area (TPSA) is 42.2 Å². The van der Waals surface area contributed by atoms with Crippen LogP contribution in [0.4, 0.5) is 5.95 Å². The molecule has 0 aliphatic carbocycles. The molecule has 2 aromatic rings. The standard InChI is InChI=1S/C12H16N4S/c1-9-3-2-5-16-11(9)14-12(15-16)13-7-10-4-6-17-8-10/h2-3,5,10H,4,6-8H2,1H3,(H,13,15). The number of hydrogen-bond acceptors (Lipinski definition) is 4. The lowest BCUT2D eigenvalue weighted by atomic mass is 10.1. The molecule has 1 aliphatic heterocycles. The number of anilines is 1. The number of thioether (sulfide) groups is 1. The van der Waals surface area contributed by atoms with Crippen molar-refractivity contribution in [3.8, 4) is 0 Å². The molecule has 0 radical (unpaired) electrons. The molecule has 0 saturated carbocycles. The maximum absolute atomic E-state index is 4.51. The summed E-state index contributed by atoms with van der Waals surface area (Å²) >= 11 is 2.04. The summed E-state index contributed by atoms with van der Waals surface area (Å²) in [6.45, 7) is 3.05. The second-order valence-electron chi connectivity index (χ2n) is 4.51. The van der Waals surface area contributed by atoms with Crippen molar-refractivity contribution in [2.24, 2.45) is 5.92 Å². The molecule has 1 unspecified atom stereocenters. The molecule has 0 bridgehead atoms. The predicted molar refractivity (Wildman–Crippen MR) is 71.6 cm³/mol. The molecular weight excluding hydrogens is 232 g/mol. The van der Waals surface area contributed by atoms with E-state index in [1.807, 2.05) is 28.5 Å². The molecular formula is C12H16N4S. The van der Waals surface area contributed by atoms with Crippen molar-refractivity contribution < 1.29 is 0 Å². The van der Waals surface area contributed by atoms with Crippen LogP contribution in [0, 0.1) is 12.8 Å². The van der Waals surface area contributed by atoms with Gasteiger partial charge in [0.05, 0.1) is 0 Å². The lowest BCUT2D eigenvalue weighted by Crippen LogP contribution is -2.14. The number of pyridine rings is 1.